The van der Waals surface area contributed by atoms with Crippen molar-refractivity contribution < 1.29 is 5.11 Å². The molecular weight excluding hydrogens is 242 g/mol. The van der Waals surface area contributed by atoms with Crippen molar-refractivity contribution in [3.05, 3.63) is 30.5 Å². The molecule has 6 nitrogen and oxygen atoms in total. The maximum absolute atomic E-state index is 8.94. The molecule has 1 fully saturated rings. The van der Waals surface area contributed by atoms with Gasteiger partial charge in [-0.3, -0.25) is 19.2 Å². The van der Waals surface area contributed by atoms with Crippen LogP contribution in [0.5, 0.6) is 0 Å². The van der Waals surface area contributed by atoms with Crippen LogP contribution in [0.4, 0.5) is 0 Å². The molecule has 6 heteroatoms. The second-order valence-electron chi connectivity index (χ2n) is 4.90. The molecule has 2 aromatic heterocycles. The first kappa shape index (κ1) is 12.5. The van der Waals surface area contributed by atoms with Crippen LogP contribution in [0.25, 0.3) is 5.65 Å². The Morgan fingerprint density at radius 1 is 1.11 bits per heavy atom. The third-order valence-electron chi connectivity index (χ3n) is 3.66. The molecule has 1 N–H and O–H groups in total. The fraction of sp³-hybridized carbons (Fsp3) is 0.538. The number of piperazine rings is 1. The van der Waals surface area contributed by atoms with Crippen LogP contribution in [0.2, 0.25) is 0 Å². The molecule has 1 aliphatic heterocycles. The number of aromatic nitrogens is 3. The van der Waals surface area contributed by atoms with Crippen molar-refractivity contribution in [3.8, 4) is 0 Å². The van der Waals surface area contributed by atoms with E-state index < -0.39 is 0 Å². The van der Waals surface area contributed by atoms with Crippen molar-refractivity contribution in [2.45, 2.75) is 6.54 Å². The summed E-state index contributed by atoms with van der Waals surface area (Å²) in [6, 6.07) is 0. The predicted molar refractivity (Wildman–Crippen MR) is 71.8 cm³/mol. The normalized spacial score (nSPS) is 18.2. The molecule has 2 aromatic rings. The maximum atomic E-state index is 8.94. The van der Waals surface area contributed by atoms with E-state index in [2.05, 4.69) is 24.2 Å². The highest BCUT2D eigenvalue weighted by Gasteiger charge is 2.17. The topological polar surface area (TPSA) is 56.9 Å². The minimum absolute atomic E-state index is 0.250. The maximum Gasteiger partial charge on any atom is 0.155 e. The molecule has 0 amide bonds. The number of aliphatic hydroxyl groups is 1. The van der Waals surface area contributed by atoms with Gasteiger partial charge in [-0.05, 0) is 0 Å². The van der Waals surface area contributed by atoms with Crippen LogP contribution in [-0.2, 0) is 6.54 Å². The van der Waals surface area contributed by atoms with E-state index in [1.165, 1.54) is 5.69 Å². The van der Waals surface area contributed by atoms with Crippen LogP contribution in [0, 0.1) is 0 Å². The van der Waals surface area contributed by atoms with Gasteiger partial charge in [-0.25, -0.2) is 4.98 Å². The van der Waals surface area contributed by atoms with E-state index in [4.69, 9.17) is 5.11 Å². The van der Waals surface area contributed by atoms with E-state index in [9.17, 15) is 0 Å². The largest absolute Gasteiger partial charge is 0.395 e. The summed E-state index contributed by atoms with van der Waals surface area (Å²) in [6.07, 6.45) is 7.46. The fourth-order valence-corrected chi connectivity index (χ4v) is 2.55. The Balaban J connectivity index is 1.63. The Labute approximate surface area is 112 Å². The molecule has 102 valence electrons. The molecule has 0 aromatic carbocycles. The minimum atomic E-state index is 0.250. The monoisotopic (exact) mass is 261 g/mol. The van der Waals surface area contributed by atoms with Gasteiger partial charge < -0.3 is 5.11 Å². The Morgan fingerprint density at radius 2 is 1.89 bits per heavy atom. The van der Waals surface area contributed by atoms with Gasteiger partial charge in [0.25, 0.3) is 0 Å². The van der Waals surface area contributed by atoms with E-state index in [1.807, 2.05) is 12.4 Å². The molecule has 0 bridgehead atoms. The smallest absolute Gasteiger partial charge is 0.155 e. The standard InChI is InChI=1S/C13H19N5O/c19-8-7-16-3-5-17(6-4-16)11-12-9-15-13-10-14-1-2-18(12)13/h1-2,9-10,19H,3-8,11H2. The summed E-state index contributed by atoms with van der Waals surface area (Å²) in [7, 11) is 0. The van der Waals surface area contributed by atoms with Gasteiger partial charge in [0.05, 0.1) is 24.7 Å². The van der Waals surface area contributed by atoms with Crippen LogP contribution < -0.4 is 0 Å². The molecule has 19 heavy (non-hydrogen) atoms. The lowest BCUT2D eigenvalue weighted by molar-refractivity contribution is 0.107. The molecule has 1 saturated heterocycles. The van der Waals surface area contributed by atoms with Gasteiger partial charge in [-0.1, -0.05) is 0 Å². The second-order valence-corrected chi connectivity index (χ2v) is 4.90. The van der Waals surface area contributed by atoms with Gasteiger partial charge in [-0.15, -0.1) is 0 Å². The molecule has 3 heterocycles. The zero-order chi connectivity index (χ0) is 13.1. The Bertz CT molecular complexity index is 533. The fourth-order valence-electron chi connectivity index (χ4n) is 2.55. The molecule has 0 aliphatic carbocycles. The molecule has 0 atom stereocenters. The summed E-state index contributed by atoms with van der Waals surface area (Å²) in [4.78, 5) is 13.2. The highest BCUT2D eigenvalue weighted by Crippen LogP contribution is 2.10. The third-order valence-corrected chi connectivity index (χ3v) is 3.66. The number of hydrogen-bond donors (Lipinski definition) is 1. The van der Waals surface area contributed by atoms with Crippen molar-refractivity contribution in [3.63, 3.8) is 0 Å². The first-order valence-electron chi connectivity index (χ1n) is 6.68. The van der Waals surface area contributed by atoms with E-state index in [0.717, 1.165) is 44.9 Å². The van der Waals surface area contributed by atoms with E-state index >= 15 is 0 Å². The van der Waals surface area contributed by atoms with Gasteiger partial charge in [-0.2, -0.15) is 0 Å². The number of hydrogen-bond acceptors (Lipinski definition) is 5. The molecule has 0 unspecified atom stereocenters. The Kier molecular flexibility index (Phi) is 3.72. The molecule has 0 saturated carbocycles. The highest BCUT2D eigenvalue weighted by molar-refractivity contribution is 5.36. The van der Waals surface area contributed by atoms with Gasteiger partial charge >= 0.3 is 0 Å². The highest BCUT2D eigenvalue weighted by atomic mass is 16.3. The first-order valence-corrected chi connectivity index (χ1v) is 6.68. The van der Waals surface area contributed by atoms with Crippen LogP contribution >= 0.6 is 0 Å². The number of β-amino-alcohol motifs (C(OH)–C–C–N with tert-alkyl or cyclic N) is 1. The van der Waals surface area contributed by atoms with Crippen molar-refractivity contribution in [1.29, 1.82) is 0 Å². The van der Waals surface area contributed by atoms with Crippen molar-refractivity contribution in [2.24, 2.45) is 0 Å². The van der Waals surface area contributed by atoms with Crippen LogP contribution in [0.3, 0.4) is 0 Å². The lowest BCUT2D eigenvalue weighted by Crippen LogP contribution is -2.46. The third kappa shape index (κ3) is 2.75. The zero-order valence-corrected chi connectivity index (χ0v) is 10.9. The molecular formula is C13H19N5O. The molecule has 3 rings (SSSR count). The Hall–Kier alpha value is -1.50. The van der Waals surface area contributed by atoms with Crippen LogP contribution in [0.15, 0.2) is 24.8 Å². The average molecular weight is 261 g/mol. The van der Waals surface area contributed by atoms with Gasteiger partial charge in [0.15, 0.2) is 5.65 Å². The summed E-state index contributed by atoms with van der Waals surface area (Å²) in [5.41, 5.74) is 2.10. The quantitative estimate of drug-likeness (QED) is 0.829. The summed E-state index contributed by atoms with van der Waals surface area (Å²) in [5, 5.41) is 8.94. The summed E-state index contributed by atoms with van der Waals surface area (Å²) < 4.78 is 2.09. The minimum Gasteiger partial charge on any atom is -0.395 e. The van der Waals surface area contributed by atoms with E-state index in [1.54, 1.807) is 12.4 Å². The second kappa shape index (κ2) is 5.64. The van der Waals surface area contributed by atoms with E-state index in [-0.39, 0.29) is 6.61 Å². The SMILES string of the molecule is OCCN1CCN(Cc2cnc3cnccn23)CC1. The summed E-state index contributed by atoms with van der Waals surface area (Å²) >= 11 is 0. The predicted octanol–water partition coefficient (Wildman–Crippen LogP) is -0.161. The Morgan fingerprint density at radius 3 is 2.68 bits per heavy atom. The molecule has 0 radical (unpaired) electrons. The summed E-state index contributed by atoms with van der Waals surface area (Å²) in [5.74, 6) is 0. The number of imidazole rings is 1. The van der Waals surface area contributed by atoms with Gasteiger partial charge in [0, 0.05) is 51.7 Å². The van der Waals surface area contributed by atoms with Crippen molar-refractivity contribution in [1.82, 2.24) is 24.2 Å². The lowest BCUT2D eigenvalue weighted by Gasteiger charge is -2.34. The van der Waals surface area contributed by atoms with E-state index in [0.29, 0.717) is 0 Å². The van der Waals surface area contributed by atoms with Crippen LogP contribution in [0.1, 0.15) is 5.69 Å². The zero-order valence-electron chi connectivity index (χ0n) is 10.9. The molecule has 1 aliphatic rings. The van der Waals surface area contributed by atoms with Crippen LogP contribution in [-0.4, -0.2) is 68.6 Å². The lowest BCUT2D eigenvalue weighted by atomic mass is 10.3. The number of aliphatic hydroxyl groups excluding tert-OH is 1. The summed E-state index contributed by atoms with van der Waals surface area (Å²) in [6.45, 7) is 6.09. The number of rotatable bonds is 4. The van der Waals surface area contributed by atoms with Crippen molar-refractivity contribution >= 4 is 5.65 Å². The van der Waals surface area contributed by atoms with Gasteiger partial charge in [0.2, 0.25) is 0 Å². The van der Waals surface area contributed by atoms with Crippen molar-refractivity contribution in [2.75, 3.05) is 39.3 Å². The van der Waals surface area contributed by atoms with Gasteiger partial charge in [0.1, 0.15) is 0 Å². The average Bonchev–Trinajstić information content (AvgIpc) is 2.85. The number of fused-ring (bicyclic) bond motifs is 1. The number of nitrogens with zero attached hydrogens (tertiary/aromatic N) is 5. The first-order chi connectivity index (χ1) is 9.36. The molecule has 0 spiro atoms.